The van der Waals surface area contributed by atoms with Crippen molar-refractivity contribution in [2.24, 2.45) is 0 Å². The summed E-state index contributed by atoms with van der Waals surface area (Å²) in [6.07, 6.45) is 1.82. The fourth-order valence-corrected chi connectivity index (χ4v) is 5.03. The van der Waals surface area contributed by atoms with Crippen LogP contribution in [0.3, 0.4) is 0 Å². The van der Waals surface area contributed by atoms with Crippen LogP contribution in [0.15, 0.2) is 30.3 Å². The van der Waals surface area contributed by atoms with Crippen LogP contribution in [-0.2, 0) is 28.1 Å². The van der Waals surface area contributed by atoms with Crippen LogP contribution in [0, 0.1) is 0 Å². The Bertz CT molecular complexity index is 849. The number of carbonyl (C=O) groups is 3. The van der Waals surface area contributed by atoms with E-state index in [1.807, 2.05) is 30.3 Å². The largest absolute Gasteiger partial charge is 0.453 e. The SMILES string of the molecule is COC(=O)NC(=O)c1c(NC(=O)CSCc2ccccc2)sc2c1CCC2. The molecule has 1 aromatic heterocycles. The van der Waals surface area contributed by atoms with E-state index in [0.29, 0.717) is 10.6 Å². The second-order valence-electron chi connectivity index (χ2n) is 6.03. The molecule has 0 saturated heterocycles. The Morgan fingerprint density at radius 1 is 1.19 bits per heavy atom. The smallest absolute Gasteiger partial charge is 0.413 e. The van der Waals surface area contributed by atoms with Crippen LogP contribution in [0.1, 0.15) is 32.8 Å². The molecular formula is C19H20N2O4S2. The maximum absolute atomic E-state index is 12.5. The van der Waals surface area contributed by atoms with Crippen LogP contribution in [0.4, 0.5) is 9.80 Å². The first-order valence-electron chi connectivity index (χ1n) is 8.54. The van der Waals surface area contributed by atoms with E-state index in [2.05, 4.69) is 15.4 Å². The number of alkyl carbamates (subject to hydrolysis) is 1. The quantitative estimate of drug-likeness (QED) is 0.768. The highest BCUT2D eigenvalue weighted by atomic mass is 32.2. The maximum atomic E-state index is 12.5. The van der Waals surface area contributed by atoms with E-state index in [9.17, 15) is 14.4 Å². The molecule has 3 amide bonds. The predicted molar refractivity (Wildman–Crippen MR) is 107 cm³/mol. The zero-order valence-corrected chi connectivity index (χ0v) is 16.5. The first kappa shape index (κ1) is 19.4. The lowest BCUT2D eigenvalue weighted by Crippen LogP contribution is -2.31. The number of thiophene rings is 1. The van der Waals surface area contributed by atoms with Gasteiger partial charge in [-0.05, 0) is 30.4 Å². The highest BCUT2D eigenvalue weighted by Gasteiger charge is 2.28. The van der Waals surface area contributed by atoms with Crippen LogP contribution < -0.4 is 10.6 Å². The summed E-state index contributed by atoms with van der Waals surface area (Å²) in [6, 6.07) is 9.93. The molecule has 0 saturated carbocycles. The minimum absolute atomic E-state index is 0.164. The van der Waals surface area contributed by atoms with Gasteiger partial charge in [0.05, 0.1) is 18.4 Å². The molecule has 1 aliphatic carbocycles. The van der Waals surface area contributed by atoms with Crippen molar-refractivity contribution in [2.75, 3.05) is 18.2 Å². The molecule has 2 aromatic rings. The van der Waals surface area contributed by atoms with E-state index < -0.39 is 12.0 Å². The van der Waals surface area contributed by atoms with Crippen LogP contribution in [0.2, 0.25) is 0 Å². The van der Waals surface area contributed by atoms with Gasteiger partial charge in [-0.3, -0.25) is 14.9 Å². The van der Waals surface area contributed by atoms with E-state index >= 15 is 0 Å². The number of amides is 3. The summed E-state index contributed by atoms with van der Waals surface area (Å²) in [5.41, 5.74) is 2.47. The Morgan fingerprint density at radius 3 is 2.70 bits per heavy atom. The van der Waals surface area contributed by atoms with E-state index in [0.717, 1.165) is 41.0 Å². The van der Waals surface area contributed by atoms with Gasteiger partial charge in [0.1, 0.15) is 5.00 Å². The number of hydrogen-bond acceptors (Lipinski definition) is 6. The molecule has 1 heterocycles. The molecule has 0 aliphatic heterocycles. The van der Waals surface area contributed by atoms with Gasteiger partial charge in [0.2, 0.25) is 5.91 Å². The van der Waals surface area contributed by atoms with Gasteiger partial charge in [0.15, 0.2) is 0 Å². The Labute approximate surface area is 165 Å². The number of thioether (sulfide) groups is 1. The summed E-state index contributed by atoms with van der Waals surface area (Å²) in [7, 11) is 1.20. The molecule has 142 valence electrons. The fraction of sp³-hybridized carbons (Fsp3) is 0.316. The molecule has 6 nitrogen and oxygen atoms in total. The van der Waals surface area contributed by atoms with Gasteiger partial charge >= 0.3 is 6.09 Å². The van der Waals surface area contributed by atoms with E-state index in [1.54, 1.807) is 0 Å². The third-order valence-corrected chi connectivity index (χ3v) is 6.36. The number of benzene rings is 1. The van der Waals surface area contributed by atoms with Gasteiger partial charge in [-0.15, -0.1) is 23.1 Å². The van der Waals surface area contributed by atoms with Gasteiger partial charge in [-0.25, -0.2) is 4.79 Å². The Hall–Kier alpha value is -2.32. The standard InChI is InChI=1S/C19H20N2O4S2/c1-25-19(24)21-17(23)16-13-8-5-9-14(13)27-18(16)20-15(22)11-26-10-12-6-3-2-4-7-12/h2-4,6-7H,5,8-11H2,1H3,(H,20,22)(H,21,23,24). The lowest BCUT2D eigenvalue weighted by atomic mass is 10.1. The highest BCUT2D eigenvalue weighted by molar-refractivity contribution is 7.99. The molecule has 0 atom stereocenters. The van der Waals surface area contributed by atoms with E-state index in [4.69, 9.17) is 0 Å². The number of nitrogens with one attached hydrogen (secondary N) is 2. The number of hydrogen-bond donors (Lipinski definition) is 2. The summed E-state index contributed by atoms with van der Waals surface area (Å²) in [4.78, 5) is 37.3. The van der Waals surface area contributed by atoms with Gasteiger partial charge in [-0.2, -0.15) is 0 Å². The summed E-state index contributed by atoms with van der Waals surface area (Å²) in [5, 5.41) is 5.54. The normalized spacial score (nSPS) is 12.3. The number of anilines is 1. The summed E-state index contributed by atoms with van der Waals surface area (Å²) < 4.78 is 4.50. The Balaban J connectivity index is 1.64. The van der Waals surface area contributed by atoms with Crippen LogP contribution in [0.5, 0.6) is 0 Å². The minimum Gasteiger partial charge on any atom is -0.453 e. The van der Waals surface area contributed by atoms with Crippen LogP contribution in [-0.4, -0.2) is 30.8 Å². The molecule has 0 bridgehead atoms. The van der Waals surface area contributed by atoms with Crippen molar-refractivity contribution in [2.45, 2.75) is 25.0 Å². The van der Waals surface area contributed by atoms with Gasteiger partial charge in [-0.1, -0.05) is 30.3 Å². The summed E-state index contributed by atoms with van der Waals surface area (Å²) in [6.45, 7) is 0. The predicted octanol–water partition coefficient (Wildman–Crippen LogP) is 3.60. The van der Waals surface area contributed by atoms with Crippen LogP contribution >= 0.6 is 23.1 Å². The number of aryl methyl sites for hydroxylation is 1. The topological polar surface area (TPSA) is 84.5 Å². The van der Waals surface area contributed by atoms with Crippen molar-refractivity contribution in [1.82, 2.24) is 5.32 Å². The molecule has 27 heavy (non-hydrogen) atoms. The van der Waals surface area contributed by atoms with Crippen LogP contribution in [0.25, 0.3) is 0 Å². The summed E-state index contributed by atoms with van der Waals surface area (Å²) >= 11 is 2.93. The Morgan fingerprint density at radius 2 is 1.96 bits per heavy atom. The molecule has 3 rings (SSSR count). The second kappa shape index (κ2) is 9.05. The molecule has 8 heteroatoms. The first-order valence-corrected chi connectivity index (χ1v) is 10.5. The second-order valence-corrected chi connectivity index (χ2v) is 8.12. The van der Waals surface area contributed by atoms with Crippen molar-refractivity contribution in [1.29, 1.82) is 0 Å². The van der Waals surface area contributed by atoms with Crippen molar-refractivity contribution >= 4 is 46.0 Å². The maximum Gasteiger partial charge on any atom is 0.413 e. The minimum atomic E-state index is -0.811. The average Bonchev–Trinajstić information content (AvgIpc) is 3.23. The average molecular weight is 405 g/mol. The lowest BCUT2D eigenvalue weighted by Gasteiger charge is -2.08. The van der Waals surface area contributed by atoms with Crippen molar-refractivity contribution < 1.29 is 19.1 Å². The number of methoxy groups -OCH3 is 1. The van der Waals surface area contributed by atoms with Crippen molar-refractivity contribution in [3.05, 3.63) is 51.9 Å². The molecule has 2 N–H and O–H groups in total. The van der Waals surface area contributed by atoms with Gasteiger partial charge in [0, 0.05) is 10.6 Å². The molecule has 0 spiro atoms. The van der Waals surface area contributed by atoms with Crippen molar-refractivity contribution in [3.63, 3.8) is 0 Å². The lowest BCUT2D eigenvalue weighted by molar-refractivity contribution is -0.113. The third kappa shape index (κ3) is 4.90. The molecule has 1 aromatic carbocycles. The number of fused-ring (bicyclic) bond motifs is 1. The number of ether oxygens (including phenoxy) is 1. The number of imide groups is 1. The number of rotatable bonds is 6. The molecule has 0 unspecified atom stereocenters. The number of carbonyl (C=O) groups excluding carboxylic acids is 3. The monoisotopic (exact) mass is 404 g/mol. The first-order chi connectivity index (χ1) is 13.1. The molecule has 1 aliphatic rings. The molecule has 0 radical (unpaired) electrons. The Kier molecular flexibility index (Phi) is 6.52. The fourth-order valence-electron chi connectivity index (χ4n) is 2.94. The summed E-state index contributed by atoms with van der Waals surface area (Å²) in [5.74, 6) is 0.330. The van der Waals surface area contributed by atoms with E-state index in [1.165, 1.54) is 30.2 Å². The zero-order chi connectivity index (χ0) is 19.2. The van der Waals surface area contributed by atoms with Gasteiger partial charge in [0.25, 0.3) is 5.91 Å². The van der Waals surface area contributed by atoms with E-state index in [-0.39, 0.29) is 11.7 Å². The highest BCUT2D eigenvalue weighted by Crippen LogP contribution is 2.39. The third-order valence-electron chi connectivity index (χ3n) is 4.15. The molecular weight excluding hydrogens is 384 g/mol. The van der Waals surface area contributed by atoms with Crippen molar-refractivity contribution in [3.8, 4) is 0 Å². The van der Waals surface area contributed by atoms with Gasteiger partial charge < -0.3 is 10.1 Å². The zero-order valence-electron chi connectivity index (χ0n) is 14.9. The molecule has 0 fully saturated rings.